The molecular formula is C16H19ClN2O2. The van der Waals surface area contributed by atoms with Crippen molar-refractivity contribution >= 4 is 17.5 Å². The molecule has 1 aromatic carbocycles. The highest BCUT2D eigenvalue weighted by molar-refractivity contribution is 6.29. The summed E-state index contributed by atoms with van der Waals surface area (Å²) < 4.78 is 4.83. The van der Waals surface area contributed by atoms with Crippen molar-refractivity contribution in [2.45, 2.75) is 33.1 Å². The molecule has 0 spiro atoms. The average molecular weight is 307 g/mol. The molecule has 1 N–H and O–H groups in total. The molecule has 1 heterocycles. The van der Waals surface area contributed by atoms with E-state index in [1.807, 2.05) is 0 Å². The Bertz CT molecular complexity index is 586. The molecule has 0 bridgehead atoms. The number of carbonyl (C=O) groups is 1. The normalized spacial score (nSPS) is 10.6. The van der Waals surface area contributed by atoms with Crippen LogP contribution in [0.15, 0.2) is 28.8 Å². The van der Waals surface area contributed by atoms with E-state index in [4.69, 9.17) is 16.1 Å². The number of benzene rings is 1. The molecular weight excluding hydrogens is 288 g/mol. The Hall–Kier alpha value is -1.81. The SMILES string of the molecule is CCc1ccc(CCNC(=O)Cc2c(C)noc2Cl)cc1. The molecule has 0 saturated carbocycles. The molecule has 0 atom stereocenters. The molecule has 1 amide bonds. The van der Waals surface area contributed by atoms with Gasteiger partial charge in [-0.05, 0) is 42.5 Å². The summed E-state index contributed by atoms with van der Waals surface area (Å²) in [6, 6.07) is 8.45. The zero-order valence-electron chi connectivity index (χ0n) is 12.3. The fraction of sp³-hybridized carbons (Fsp3) is 0.375. The number of nitrogens with zero attached hydrogens (tertiary/aromatic N) is 1. The minimum absolute atomic E-state index is 0.0756. The molecule has 1 aromatic heterocycles. The summed E-state index contributed by atoms with van der Waals surface area (Å²) in [6.45, 7) is 4.51. The first kappa shape index (κ1) is 15.6. The summed E-state index contributed by atoms with van der Waals surface area (Å²) in [4.78, 5) is 11.9. The number of hydrogen-bond acceptors (Lipinski definition) is 3. The highest BCUT2D eigenvalue weighted by Gasteiger charge is 2.14. The van der Waals surface area contributed by atoms with E-state index in [1.165, 1.54) is 11.1 Å². The van der Waals surface area contributed by atoms with Crippen molar-refractivity contribution in [2.24, 2.45) is 0 Å². The van der Waals surface area contributed by atoms with Gasteiger partial charge >= 0.3 is 0 Å². The Labute approximate surface area is 129 Å². The van der Waals surface area contributed by atoms with Gasteiger partial charge in [0.05, 0.1) is 12.1 Å². The number of hydrogen-bond donors (Lipinski definition) is 1. The Morgan fingerprint density at radius 2 is 1.95 bits per heavy atom. The lowest BCUT2D eigenvalue weighted by molar-refractivity contribution is -0.120. The van der Waals surface area contributed by atoms with Crippen LogP contribution in [-0.4, -0.2) is 17.6 Å². The highest BCUT2D eigenvalue weighted by Crippen LogP contribution is 2.19. The van der Waals surface area contributed by atoms with Crippen molar-refractivity contribution in [1.29, 1.82) is 0 Å². The molecule has 5 heteroatoms. The molecule has 0 saturated heterocycles. The van der Waals surface area contributed by atoms with Crippen LogP contribution in [0.2, 0.25) is 5.22 Å². The largest absolute Gasteiger partial charge is 0.355 e. The molecule has 2 aromatic rings. The third-order valence-electron chi connectivity index (χ3n) is 3.44. The highest BCUT2D eigenvalue weighted by atomic mass is 35.5. The van der Waals surface area contributed by atoms with Crippen molar-refractivity contribution < 1.29 is 9.32 Å². The van der Waals surface area contributed by atoms with Crippen molar-refractivity contribution in [2.75, 3.05) is 6.54 Å². The molecule has 112 valence electrons. The van der Waals surface area contributed by atoms with Crippen LogP contribution in [0, 0.1) is 6.92 Å². The monoisotopic (exact) mass is 306 g/mol. The average Bonchev–Trinajstić information content (AvgIpc) is 2.80. The molecule has 0 aliphatic carbocycles. The molecule has 21 heavy (non-hydrogen) atoms. The van der Waals surface area contributed by atoms with Gasteiger partial charge in [-0.1, -0.05) is 36.3 Å². The van der Waals surface area contributed by atoms with E-state index < -0.39 is 0 Å². The predicted molar refractivity (Wildman–Crippen MR) is 82.5 cm³/mol. The molecule has 0 aliphatic heterocycles. The first-order valence-electron chi connectivity index (χ1n) is 7.05. The van der Waals surface area contributed by atoms with Crippen LogP contribution in [0.5, 0.6) is 0 Å². The Morgan fingerprint density at radius 3 is 2.52 bits per heavy atom. The van der Waals surface area contributed by atoms with E-state index in [0.29, 0.717) is 17.8 Å². The van der Waals surface area contributed by atoms with Gasteiger partial charge in [-0.25, -0.2) is 0 Å². The van der Waals surface area contributed by atoms with Gasteiger partial charge in [-0.3, -0.25) is 4.79 Å². The lowest BCUT2D eigenvalue weighted by atomic mass is 10.1. The summed E-state index contributed by atoms with van der Waals surface area (Å²) in [7, 11) is 0. The number of halogens is 1. The van der Waals surface area contributed by atoms with Crippen LogP contribution in [-0.2, 0) is 24.1 Å². The first-order chi connectivity index (χ1) is 10.1. The maximum Gasteiger partial charge on any atom is 0.229 e. The van der Waals surface area contributed by atoms with Gasteiger partial charge in [0.1, 0.15) is 0 Å². The second kappa shape index (κ2) is 7.27. The third-order valence-corrected chi connectivity index (χ3v) is 3.74. The van der Waals surface area contributed by atoms with Crippen LogP contribution in [0.3, 0.4) is 0 Å². The molecule has 0 unspecified atom stereocenters. The lowest BCUT2D eigenvalue weighted by Gasteiger charge is -2.06. The number of rotatable bonds is 6. The number of nitrogens with one attached hydrogen (secondary N) is 1. The summed E-state index contributed by atoms with van der Waals surface area (Å²) >= 11 is 5.84. The molecule has 0 radical (unpaired) electrons. The number of aromatic nitrogens is 1. The van der Waals surface area contributed by atoms with E-state index in [1.54, 1.807) is 6.92 Å². The fourth-order valence-corrected chi connectivity index (χ4v) is 2.31. The summed E-state index contributed by atoms with van der Waals surface area (Å²) in [6.07, 6.45) is 2.05. The summed E-state index contributed by atoms with van der Waals surface area (Å²) in [5.74, 6) is -0.0756. The van der Waals surface area contributed by atoms with Gasteiger partial charge in [0.2, 0.25) is 11.1 Å². The topological polar surface area (TPSA) is 55.1 Å². The Morgan fingerprint density at radius 1 is 1.29 bits per heavy atom. The van der Waals surface area contributed by atoms with E-state index in [2.05, 4.69) is 41.7 Å². The van der Waals surface area contributed by atoms with Gasteiger partial charge in [-0.15, -0.1) is 0 Å². The van der Waals surface area contributed by atoms with Crippen LogP contribution >= 0.6 is 11.6 Å². The number of carbonyl (C=O) groups excluding carboxylic acids is 1. The lowest BCUT2D eigenvalue weighted by Crippen LogP contribution is -2.27. The van der Waals surface area contributed by atoms with E-state index in [9.17, 15) is 4.79 Å². The summed E-state index contributed by atoms with van der Waals surface area (Å²) in [5, 5.41) is 6.80. The van der Waals surface area contributed by atoms with Gasteiger partial charge in [-0.2, -0.15) is 0 Å². The zero-order valence-corrected chi connectivity index (χ0v) is 13.0. The van der Waals surface area contributed by atoms with Crippen molar-refractivity contribution in [3.05, 3.63) is 51.9 Å². The predicted octanol–water partition coefficient (Wildman–Crippen LogP) is 3.10. The van der Waals surface area contributed by atoms with Crippen LogP contribution in [0.4, 0.5) is 0 Å². The fourth-order valence-electron chi connectivity index (χ4n) is 2.07. The number of aryl methyl sites for hydroxylation is 2. The van der Waals surface area contributed by atoms with Crippen LogP contribution < -0.4 is 5.32 Å². The van der Waals surface area contributed by atoms with Gasteiger partial charge in [0, 0.05) is 12.1 Å². The minimum Gasteiger partial charge on any atom is -0.355 e. The molecule has 0 fully saturated rings. The number of amides is 1. The quantitative estimate of drug-likeness (QED) is 0.892. The summed E-state index contributed by atoms with van der Waals surface area (Å²) in [5.41, 5.74) is 3.85. The minimum atomic E-state index is -0.0756. The van der Waals surface area contributed by atoms with E-state index >= 15 is 0 Å². The zero-order chi connectivity index (χ0) is 15.2. The third kappa shape index (κ3) is 4.33. The second-order valence-electron chi connectivity index (χ2n) is 4.97. The first-order valence-corrected chi connectivity index (χ1v) is 7.43. The molecule has 2 rings (SSSR count). The second-order valence-corrected chi connectivity index (χ2v) is 5.31. The van der Waals surface area contributed by atoms with Crippen LogP contribution in [0.1, 0.15) is 29.3 Å². The Balaban J connectivity index is 1.79. The standard InChI is InChI=1S/C16H19ClN2O2/c1-3-12-4-6-13(7-5-12)8-9-18-15(20)10-14-11(2)19-21-16(14)17/h4-7H,3,8-10H2,1-2H3,(H,18,20). The molecule has 4 nitrogen and oxygen atoms in total. The van der Waals surface area contributed by atoms with Gasteiger partial charge in [0.15, 0.2) is 0 Å². The maximum atomic E-state index is 11.9. The van der Waals surface area contributed by atoms with E-state index in [0.717, 1.165) is 12.8 Å². The van der Waals surface area contributed by atoms with Crippen molar-refractivity contribution in [3.63, 3.8) is 0 Å². The van der Waals surface area contributed by atoms with Gasteiger partial charge < -0.3 is 9.84 Å². The van der Waals surface area contributed by atoms with Crippen molar-refractivity contribution in [3.8, 4) is 0 Å². The molecule has 0 aliphatic rings. The van der Waals surface area contributed by atoms with E-state index in [-0.39, 0.29) is 17.5 Å². The van der Waals surface area contributed by atoms with Gasteiger partial charge in [0.25, 0.3) is 0 Å². The maximum absolute atomic E-state index is 11.9. The van der Waals surface area contributed by atoms with Crippen LogP contribution in [0.25, 0.3) is 0 Å². The Kier molecular flexibility index (Phi) is 5.39. The smallest absolute Gasteiger partial charge is 0.229 e. The van der Waals surface area contributed by atoms with Crippen molar-refractivity contribution in [1.82, 2.24) is 10.5 Å².